The van der Waals surface area contributed by atoms with Gasteiger partial charge in [0.15, 0.2) is 0 Å². The van der Waals surface area contributed by atoms with Crippen molar-refractivity contribution in [1.29, 1.82) is 5.26 Å². The predicted octanol–water partition coefficient (Wildman–Crippen LogP) is 15.1. The van der Waals surface area contributed by atoms with Crippen molar-refractivity contribution in [3.63, 3.8) is 0 Å². The van der Waals surface area contributed by atoms with E-state index in [0.717, 1.165) is 16.5 Å². The average Bonchev–Trinajstić information content (AvgIpc) is 3.73. The van der Waals surface area contributed by atoms with Crippen LogP contribution in [0, 0.1) is 31.8 Å². The number of aryl methyl sites for hydroxylation is 2. The van der Waals surface area contributed by atoms with Crippen molar-refractivity contribution in [3.05, 3.63) is 174 Å². The molecule has 0 amide bonds. The molecule has 0 heterocycles. The van der Waals surface area contributed by atoms with Gasteiger partial charge >= 0.3 is 0 Å². The summed E-state index contributed by atoms with van der Waals surface area (Å²) in [6.07, 6.45) is 0. The lowest BCUT2D eigenvalue weighted by atomic mass is 9.83. The molecular formula is C54H30N2. The summed E-state index contributed by atoms with van der Waals surface area (Å²) >= 11 is 0. The number of hydrogen-bond acceptors (Lipinski definition) is 1. The maximum atomic E-state index is 9.87. The van der Waals surface area contributed by atoms with E-state index in [-0.39, 0.29) is 0 Å². The highest BCUT2D eigenvalue weighted by Gasteiger charge is 2.28. The SMILES string of the molecule is [C-]#[N+]c1cc(-c2c3c(cc4c2ccc2c5cc6c(cc5c(-c5ccc(C)c(C)c5)cc42)-c2cccc4cccc-6c24)-c2cccc4cccc-3c24)ccc1C#N. The molecular weight excluding hydrogens is 677 g/mol. The predicted molar refractivity (Wildman–Crippen MR) is 234 cm³/mol. The molecule has 2 aliphatic carbocycles. The summed E-state index contributed by atoms with van der Waals surface area (Å²) in [5.41, 5.74) is 17.8. The number of benzene rings is 10. The smallest absolute Gasteiger partial charge is 0.205 e. The first kappa shape index (κ1) is 30.9. The van der Waals surface area contributed by atoms with Gasteiger partial charge in [-0.1, -0.05) is 115 Å². The first-order chi connectivity index (χ1) is 27.5. The van der Waals surface area contributed by atoms with E-state index in [9.17, 15) is 5.26 Å². The molecule has 2 aliphatic rings. The van der Waals surface area contributed by atoms with Crippen LogP contribution < -0.4 is 0 Å². The minimum Gasteiger partial charge on any atom is -0.237 e. The number of fused-ring (bicyclic) bond motifs is 11. The molecule has 0 unspecified atom stereocenters. The molecule has 0 spiro atoms. The minimum atomic E-state index is 0.373. The van der Waals surface area contributed by atoms with Gasteiger partial charge in [0.05, 0.1) is 18.2 Å². The van der Waals surface area contributed by atoms with Crippen LogP contribution >= 0.6 is 0 Å². The lowest BCUT2D eigenvalue weighted by molar-refractivity contribution is 1.34. The van der Waals surface area contributed by atoms with E-state index in [1.165, 1.54) is 115 Å². The fourth-order valence-corrected chi connectivity index (χ4v) is 9.98. The molecule has 0 atom stereocenters. The molecule has 2 heteroatoms. The summed E-state index contributed by atoms with van der Waals surface area (Å²) in [5, 5.41) is 22.1. The quantitative estimate of drug-likeness (QED) is 0.130. The first-order valence-electron chi connectivity index (χ1n) is 19.1. The summed E-state index contributed by atoms with van der Waals surface area (Å²) in [5.74, 6) is 0. The van der Waals surface area contributed by atoms with Crippen LogP contribution in [0.4, 0.5) is 5.69 Å². The molecule has 0 N–H and O–H groups in total. The highest BCUT2D eigenvalue weighted by molar-refractivity contribution is 6.29. The number of nitrogens with zero attached hydrogens (tertiary/aromatic N) is 2. The summed E-state index contributed by atoms with van der Waals surface area (Å²) in [7, 11) is 0. The zero-order valence-electron chi connectivity index (χ0n) is 30.8. The second-order valence-corrected chi connectivity index (χ2v) is 15.5. The number of hydrogen-bond donors (Lipinski definition) is 0. The maximum absolute atomic E-state index is 9.87. The number of rotatable bonds is 2. The van der Waals surface area contributed by atoms with Gasteiger partial charge in [-0.25, -0.2) is 4.85 Å². The van der Waals surface area contributed by atoms with E-state index in [2.05, 4.69) is 152 Å². The Morgan fingerprint density at radius 1 is 0.429 bits per heavy atom. The monoisotopic (exact) mass is 706 g/mol. The summed E-state index contributed by atoms with van der Waals surface area (Å²) in [6.45, 7) is 12.4. The van der Waals surface area contributed by atoms with Gasteiger partial charge in [-0.3, -0.25) is 0 Å². The Labute approximate surface area is 324 Å². The van der Waals surface area contributed by atoms with Crippen LogP contribution in [-0.4, -0.2) is 0 Å². The third kappa shape index (κ3) is 3.98. The summed E-state index contributed by atoms with van der Waals surface area (Å²) in [4.78, 5) is 3.81. The van der Waals surface area contributed by atoms with Crippen molar-refractivity contribution in [2.45, 2.75) is 13.8 Å². The molecule has 10 aromatic carbocycles. The molecule has 0 saturated carbocycles. The Hall–Kier alpha value is -7.52. The van der Waals surface area contributed by atoms with E-state index in [1.807, 2.05) is 18.2 Å². The molecule has 12 rings (SSSR count). The van der Waals surface area contributed by atoms with Crippen molar-refractivity contribution in [3.8, 4) is 72.8 Å². The van der Waals surface area contributed by atoms with Crippen molar-refractivity contribution in [2.75, 3.05) is 0 Å². The van der Waals surface area contributed by atoms with Crippen LogP contribution in [0.25, 0.3) is 125 Å². The second-order valence-electron chi connectivity index (χ2n) is 15.5. The third-order valence-corrected chi connectivity index (χ3v) is 12.7. The van der Waals surface area contributed by atoms with E-state index in [0.29, 0.717) is 11.3 Å². The molecule has 56 heavy (non-hydrogen) atoms. The normalized spacial score (nSPS) is 12.1. The van der Waals surface area contributed by atoms with Crippen molar-refractivity contribution in [2.24, 2.45) is 0 Å². The minimum absolute atomic E-state index is 0.373. The van der Waals surface area contributed by atoms with Gasteiger partial charge in [0.2, 0.25) is 5.69 Å². The van der Waals surface area contributed by atoms with E-state index < -0.39 is 0 Å². The number of nitriles is 1. The molecule has 2 nitrogen and oxygen atoms in total. The lowest BCUT2D eigenvalue weighted by Crippen LogP contribution is -1.93. The Bertz CT molecular complexity index is 3560. The van der Waals surface area contributed by atoms with Crippen LogP contribution in [0.2, 0.25) is 0 Å². The van der Waals surface area contributed by atoms with Crippen LogP contribution in [-0.2, 0) is 0 Å². The summed E-state index contributed by atoms with van der Waals surface area (Å²) < 4.78 is 0. The Morgan fingerprint density at radius 2 is 0.982 bits per heavy atom. The van der Waals surface area contributed by atoms with Crippen LogP contribution in [0.5, 0.6) is 0 Å². The van der Waals surface area contributed by atoms with Crippen LogP contribution in [0.15, 0.2) is 146 Å². The molecule has 0 aliphatic heterocycles. The molecule has 10 aromatic rings. The van der Waals surface area contributed by atoms with E-state index in [4.69, 9.17) is 6.57 Å². The van der Waals surface area contributed by atoms with Crippen LogP contribution in [0.3, 0.4) is 0 Å². The topological polar surface area (TPSA) is 28.1 Å². The average molecular weight is 707 g/mol. The Balaban J connectivity index is 1.26. The van der Waals surface area contributed by atoms with Gasteiger partial charge in [0, 0.05) is 0 Å². The van der Waals surface area contributed by atoms with Gasteiger partial charge < -0.3 is 0 Å². The van der Waals surface area contributed by atoms with Gasteiger partial charge in [0.25, 0.3) is 0 Å². The van der Waals surface area contributed by atoms with Crippen molar-refractivity contribution < 1.29 is 0 Å². The zero-order valence-corrected chi connectivity index (χ0v) is 30.8. The van der Waals surface area contributed by atoms with Crippen molar-refractivity contribution >= 4 is 59.5 Å². The Morgan fingerprint density at radius 3 is 1.66 bits per heavy atom. The molecule has 0 saturated heterocycles. The first-order valence-corrected chi connectivity index (χ1v) is 19.1. The molecule has 0 radical (unpaired) electrons. The maximum Gasteiger partial charge on any atom is 0.205 e. The Kier molecular flexibility index (Phi) is 6.08. The van der Waals surface area contributed by atoms with Crippen molar-refractivity contribution in [1.82, 2.24) is 0 Å². The fraction of sp³-hybridized carbons (Fsp3) is 0.0370. The third-order valence-electron chi connectivity index (χ3n) is 12.7. The second kappa shape index (κ2) is 11.0. The van der Waals surface area contributed by atoms with Gasteiger partial charge in [-0.2, -0.15) is 5.26 Å². The van der Waals surface area contributed by atoms with Gasteiger partial charge in [0.1, 0.15) is 0 Å². The van der Waals surface area contributed by atoms with E-state index in [1.54, 1.807) is 0 Å². The molecule has 256 valence electrons. The van der Waals surface area contributed by atoms with Gasteiger partial charge in [-0.05, 0) is 176 Å². The van der Waals surface area contributed by atoms with Gasteiger partial charge in [-0.15, -0.1) is 0 Å². The molecule has 0 fully saturated rings. The van der Waals surface area contributed by atoms with Crippen LogP contribution in [0.1, 0.15) is 16.7 Å². The zero-order chi connectivity index (χ0) is 37.4. The van der Waals surface area contributed by atoms with E-state index >= 15 is 0 Å². The molecule has 0 bridgehead atoms. The lowest BCUT2D eigenvalue weighted by Gasteiger charge is -2.19. The standard InChI is InChI=1S/C54H30N2/c1-29-16-17-33(22-30(29)2)42-24-43-36(44-25-45-37-12-4-8-31-9-5-13-38(51(31)37)46(45)26-48(42)44)20-21-40-47(43)27-49-39-14-6-10-32-11-7-15-41(52(32)39)54(49)53(40)34-18-19-35(28-55)50(23-34)56-3/h4-27H,1-2H3. The largest absolute Gasteiger partial charge is 0.237 e. The summed E-state index contributed by atoms with van der Waals surface area (Å²) in [6, 6.07) is 55.7. The molecule has 0 aromatic heterocycles. The highest BCUT2D eigenvalue weighted by Crippen LogP contribution is 2.56. The highest BCUT2D eigenvalue weighted by atomic mass is 14.6. The fourth-order valence-electron chi connectivity index (χ4n) is 9.98.